The van der Waals surface area contributed by atoms with Crippen molar-refractivity contribution in [2.24, 2.45) is 0 Å². The van der Waals surface area contributed by atoms with Crippen LogP contribution in [0.3, 0.4) is 0 Å². The number of benzene rings is 1. The summed E-state index contributed by atoms with van der Waals surface area (Å²) in [7, 11) is 0. The average molecular weight is 338 g/mol. The summed E-state index contributed by atoms with van der Waals surface area (Å²) < 4.78 is 0.504. The molecule has 0 bridgehead atoms. The Morgan fingerprint density at radius 3 is 2.70 bits per heavy atom. The van der Waals surface area contributed by atoms with Crippen molar-refractivity contribution in [1.82, 2.24) is 5.32 Å². The van der Waals surface area contributed by atoms with Crippen LogP contribution < -0.4 is 5.32 Å². The number of halogens is 1. The third-order valence-corrected chi connectivity index (χ3v) is 5.24. The maximum Gasteiger partial charge on any atom is 0.263 e. The fourth-order valence-electron chi connectivity index (χ4n) is 1.79. The van der Waals surface area contributed by atoms with Gasteiger partial charge in [-0.05, 0) is 24.3 Å². The standard InChI is InChI=1S/C14H8ClNOS3/c15-10-4-2-1-3-9(10)11-6-5-8(19-11)7-12-13(17)16-14(18)20-12/h1-7H,(H,16,17,18). The van der Waals surface area contributed by atoms with E-state index in [1.807, 2.05) is 42.5 Å². The van der Waals surface area contributed by atoms with Gasteiger partial charge in [-0.15, -0.1) is 11.3 Å². The second kappa shape index (κ2) is 5.69. The molecule has 1 aliphatic rings. The highest BCUT2D eigenvalue weighted by molar-refractivity contribution is 8.26. The second-order valence-corrected chi connectivity index (χ2v) is 7.28. The molecule has 100 valence electrons. The molecule has 1 fully saturated rings. The number of carbonyl (C=O) groups is 1. The Balaban J connectivity index is 1.92. The fourth-order valence-corrected chi connectivity index (χ4v) is 4.18. The van der Waals surface area contributed by atoms with Crippen molar-refractivity contribution < 1.29 is 4.79 Å². The molecular weight excluding hydrogens is 330 g/mol. The number of hydrogen-bond acceptors (Lipinski definition) is 4. The predicted molar refractivity (Wildman–Crippen MR) is 91.1 cm³/mol. The third-order valence-electron chi connectivity index (χ3n) is 2.68. The molecule has 1 aliphatic heterocycles. The van der Waals surface area contributed by atoms with Crippen LogP contribution in [-0.4, -0.2) is 10.2 Å². The minimum Gasteiger partial charge on any atom is -0.307 e. The molecule has 1 N–H and O–H groups in total. The number of thioether (sulfide) groups is 1. The SMILES string of the molecule is O=C1NC(=S)SC1=Cc1ccc(-c2ccccc2Cl)s1. The van der Waals surface area contributed by atoms with Crippen molar-refractivity contribution in [2.45, 2.75) is 0 Å². The summed E-state index contributed by atoms with van der Waals surface area (Å²) in [4.78, 5) is 14.3. The topological polar surface area (TPSA) is 29.1 Å². The van der Waals surface area contributed by atoms with E-state index in [2.05, 4.69) is 5.32 Å². The molecule has 20 heavy (non-hydrogen) atoms. The van der Waals surface area contributed by atoms with E-state index in [0.29, 0.717) is 9.23 Å². The van der Waals surface area contributed by atoms with Gasteiger partial charge in [0.2, 0.25) is 0 Å². The summed E-state index contributed by atoms with van der Waals surface area (Å²) in [5.41, 5.74) is 1.00. The molecule has 1 saturated heterocycles. The van der Waals surface area contributed by atoms with Crippen LogP contribution in [0.15, 0.2) is 41.3 Å². The van der Waals surface area contributed by atoms with E-state index < -0.39 is 0 Å². The van der Waals surface area contributed by atoms with Crippen molar-refractivity contribution in [3.63, 3.8) is 0 Å². The van der Waals surface area contributed by atoms with E-state index >= 15 is 0 Å². The van der Waals surface area contributed by atoms with Gasteiger partial charge in [0, 0.05) is 20.3 Å². The van der Waals surface area contributed by atoms with Gasteiger partial charge in [0.15, 0.2) is 0 Å². The molecule has 0 saturated carbocycles. The van der Waals surface area contributed by atoms with Crippen molar-refractivity contribution >= 4 is 63.2 Å². The molecule has 2 nitrogen and oxygen atoms in total. The van der Waals surface area contributed by atoms with Gasteiger partial charge >= 0.3 is 0 Å². The van der Waals surface area contributed by atoms with Crippen LogP contribution in [0.5, 0.6) is 0 Å². The van der Waals surface area contributed by atoms with Crippen LogP contribution in [0.25, 0.3) is 16.5 Å². The van der Waals surface area contributed by atoms with E-state index in [0.717, 1.165) is 20.3 Å². The van der Waals surface area contributed by atoms with Gasteiger partial charge in [-0.25, -0.2) is 0 Å². The van der Waals surface area contributed by atoms with Gasteiger partial charge in [-0.1, -0.05) is 53.8 Å². The number of amides is 1. The van der Waals surface area contributed by atoms with Gasteiger partial charge < -0.3 is 5.32 Å². The first-order valence-electron chi connectivity index (χ1n) is 5.73. The Morgan fingerprint density at radius 1 is 1.20 bits per heavy atom. The average Bonchev–Trinajstić information content (AvgIpc) is 2.98. The molecular formula is C14H8ClNOS3. The van der Waals surface area contributed by atoms with Crippen molar-refractivity contribution in [3.05, 3.63) is 51.2 Å². The van der Waals surface area contributed by atoms with E-state index in [1.165, 1.54) is 11.8 Å². The van der Waals surface area contributed by atoms with Crippen LogP contribution in [0.4, 0.5) is 0 Å². The van der Waals surface area contributed by atoms with Gasteiger partial charge in [-0.2, -0.15) is 0 Å². The van der Waals surface area contributed by atoms with Crippen LogP contribution in [0, 0.1) is 0 Å². The molecule has 0 spiro atoms. The lowest BCUT2D eigenvalue weighted by Gasteiger charge is -1.99. The summed E-state index contributed by atoms with van der Waals surface area (Å²) in [5, 5.41) is 3.33. The Kier molecular flexibility index (Phi) is 3.94. The number of hydrogen-bond donors (Lipinski definition) is 1. The molecule has 1 aromatic heterocycles. The van der Waals surface area contributed by atoms with E-state index in [4.69, 9.17) is 23.8 Å². The van der Waals surface area contributed by atoms with Crippen molar-refractivity contribution in [3.8, 4) is 10.4 Å². The predicted octanol–water partition coefficient (Wildman–Crippen LogP) is 4.56. The van der Waals surface area contributed by atoms with E-state index in [1.54, 1.807) is 11.3 Å². The number of thiophene rings is 1. The van der Waals surface area contributed by atoms with Crippen LogP contribution in [0.1, 0.15) is 4.88 Å². The Morgan fingerprint density at radius 2 is 2.00 bits per heavy atom. The highest BCUT2D eigenvalue weighted by Gasteiger charge is 2.22. The first-order chi connectivity index (χ1) is 9.63. The molecule has 1 amide bonds. The van der Waals surface area contributed by atoms with Crippen molar-refractivity contribution in [1.29, 1.82) is 0 Å². The molecule has 0 radical (unpaired) electrons. The van der Waals surface area contributed by atoms with Crippen LogP contribution in [-0.2, 0) is 4.79 Å². The van der Waals surface area contributed by atoms with Crippen molar-refractivity contribution in [2.75, 3.05) is 0 Å². The largest absolute Gasteiger partial charge is 0.307 e. The molecule has 2 heterocycles. The number of carbonyl (C=O) groups excluding carboxylic acids is 1. The second-order valence-electron chi connectivity index (χ2n) is 4.03. The Labute approximate surface area is 134 Å². The van der Waals surface area contributed by atoms with Gasteiger partial charge in [-0.3, -0.25) is 4.79 Å². The van der Waals surface area contributed by atoms with Gasteiger partial charge in [0.25, 0.3) is 5.91 Å². The minimum atomic E-state index is -0.132. The summed E-state index contributed by atoms with van der Waals surface area (Å²) >= 11 is 14.0. The van der Waals surface area contributed by atoms with E-state index in [-0.39, 0.29) is 5.91 Å². The molecule has 2 aromatic rings. The van der Waals surface area contributed by atoms with Gasteiger partial charge in [0.1, 0.15) is 4.32 Å². The third kappa shape index (κ3) is 2.81. The summed E-state index contributed by atoms with van der Waals surface area (Å²) in [5.74, 6) is -0.132. The monoisotopic (exact) mass is 337 g/mol. The Hall–Kier alpha value is -1.14. The lowest BCUT2D eigenvalue weighted by molar-refractivity contribution is -0.115. The molecule has 0 atom stereocenters. The summed E-state index contributed by atoms with van der Waals surface area (Å²) in [6.07, 6.45) is 1.85. The maximum atomic E-state index is 11.6. The molecule has 0 aliphatic carbocycles. The van der Waals surface area contributed by atoms with Crippen LogP contribution >= 0.6 is 46.9 Å². The minimum absolute atomic E-state index is 0.132. The summed E-state index contributed by atoms with van der Waals surface area (Å²) in [6.45, 7) is 0. The first-order valence-corrected chi connectivity index (χ1v) is 8.15. The number of thiocarbonyl (C=S) groups is 1. The molecule has 1 aromatic carbocycles. The van der Waals surface area contributed by atoms with Crippen LogP contribution in [0.2, 0.25) is 5.02 Å². The van der Waals surface area contributed by atoms with Gasteiger partial charge in [0.05, 0.1) is 4.91 Å². The normalized spacial score (nSPS) is 16.8. The summed E-state index contributed by atoms with van der Waals surface area (Å²) in [6, 6.07) is 11.7. The quantitative estimate of drug-likeness (QED) is 0.643. The molecule has 6 heteroatoms. The lowest BCUT2D eigenvalue weighted by Crippen LogP contribution is -2.17. The number of nitrogens with one attached hydrogen (secondary N) is 1. The lowest BCUT2D eigenvalue weighted by atomic mass is 10.2. The molecule has 3 rings (SSSR count). The highest BCUT2D eigenvalue weighted by atomic mass is 35.5. The zero-order valence-corrected chi connectivity index (χ0v) is 13.3. The smallest absolute Gasteiger partial charge is 0.263 e. The maximum absolute atomic E-state index is 11.6. The molecule has 0 unspecified atom stereocenters. The fraction of sp³-hybridized carbons (Fsp3) is 0. The highest BCUT2D eigenvalue weighted by Crippen LogP contribution is 2.35. The Bertz CT molecular complexity index is 736. The zero-order valence-electron chi connectivity index (χ0n) is 10.1. The zero-order chi connectivity index (χ0) is 14.1. The van der Waals surface area contributed by atoms with E-state index in [9.17, 15) is 4.79 Å². The first kappa shape index (κ1) is 13.8. The number of rotatable bonds is 2.